The van der Waals surface area contributed by atoms with E-state index in [1.165, 1.54) is 12.6 Å². The zero-order valence-corrected chi connectivity index (χ0v) is 10.4. The summed E-state index contributed by atoms with van der Waals surface area (Å²) in [6.45, 7) is 0.570. The Bertz CT molecular complexity index is 509. The van der Waals surface area contributed by atoms with E-state index in [2.05, 4.69) is 33.0 Å². The average molecular weight is 260 g/mol. The highest BCUT2D eigenvalue weighted by Gasteiger charge is 2.35. The van der Waals surface area contributed by atoms with Crippen molar-refractivity contribution in [1.82, 2.24) is 15.5 Å². The fourth-order valence-electron chi connectivity index (χ4n) is 2.94. The van der Waals surface area contributed by atoms with E-state index in [4.69, 9.17) is 0 Å². The number of nitrogens with zero attached hydrogens (tertiary/aromatic N) is 1. The molecule has 0 unspecified atom stereocenters. The van der Waals surface area contributed by atoms with Crippen LogP contribution in [-0.2, 0) is 9.59 Å². The van der Waals surface area contributed by atoms with Crippen LogP contribution in [0.5, 0.6) is 0 Å². The van der Waals surface area contributed by atoms with Crippen molar-refractivity contribution in [3.05, 3.63) is 24.4 Å². The molecule has 6 nitrogen and oxygen atoms in total. The summed E-state index contributed by atoms with van der Waals surface area (Å²) in [5, 5.41) is 11.4. The first kappa shape index (κ1) is 12.0. The topological polar surface area (TPSA) is 86.9 Å². The molecule has 1 saturated carbocycles. The molecule has 1 aromatic heterocycles. The Labute approximate surface area is 110 Å². The fourth-order valence-corrected chi connectivity index (χ4v) is 2.94. The largest absolute Gasteiger partial charge is 0.348 e. The van der Waals surface area contributed by atoms with E-state index >= 15 is 0 Å². The third-order valence-corrected chi connectivity index (χ3v) is 3.90. The van der Waals surface area contributed by atoms with Crippen molar-refractivity contribution in [2.45, 2.75) is 12.8 Å². The van der Waals surface area contributed by atoms with Crippen LogP contribution in [0.4, 0.5) is 5.82 Å². The lowest BCUT2D eigenvalue weighted by molar-refractivity contribution is -0.136. The van der Waals surface area contributed by atoms with Crippen molar-refractivity contribution in [2.75, 3.05) is 11.9 Å². The maximum Gasteiger partial charge on any atom is 0.314 e. The van der Waals surface area contributed by atoms with Crippen LogP contribution < -0.4 is 10.6 Å². The predicted octanol–water partition coefficient (Wildman–Crippen LogP) is 0.677. The molecule has 3 N–H and O–H groups in total. The van der Waals surface area contributed by atoms with Crippen molar-refractivity contribution in [2.24, 2.45) is 17.8 Å². The highest BCUT2D eigenvalue weighted by Crippen LogP contribution is 2.42. The summed E-state index contributed by atoms with van der Waals surface area (Å²) in [6, 6.07) is 1.59. The molecule has 0 aliphatic heterocycles. The molecule has 1 heterocycles. The van der Waals surface area contributed by atoms with Gasteiger partial charge < -0.3 is 10.6 Å². The van der Waals surface area contributed by atoms with E-state index in [-0.39, 0.29) is 0 Å². The fraction of sp³-hybridized carbons (Fsp3) is 0.462. The van der Waals surface area contributed by atoms with Crippen LogP contribution >= 0.6 is 0 Å². The van der Waals surface area contributed by atoms with Crippen LogP contribution in [0.2, 0.25) is 0 Å². The van der Waals surface area contributed by atoms with Crippen molar-refractivity contribution < 1.29 is 9.59 Å². The number of fused-ring (bicyclic) bond motifs is 2. The van der Waals surface area contributed by atoms with Gasteiger partial charge in [0.2, 0.25) is 0 Å². The van der Waals surface area contributed by atoms with Gasteiger partial charge in [-0.1, -0.05) is 12.2 Å². The van der Waals surface area contributed by atoms with Gasteiger partial charge in [0.1, 0.15) is 5.82 Å². The van der Waals surface area contributed by atoms with Gasteiger partial charge in [0.05, 0.1) is 6.20 Å². The summed E-state index contributed by atoms with van der Waals surface area (Å²) in [5.41, 5.74) is 0. The van der Waals surface area contributed by atoms with E-state index in [0.29, 0.717) is 30.1 Å². The first-order valence-electron chi connectivity index (χ1n) is 6.49. The van der Waals surface area contributed by atoms with Gasteiger partial charge in [0.25, 0.3) is 0 Å². The number of nitrogens with one attached hydrogen (secondary N) is 3. The first-order chi connectivity index (χ1) is 9.22. The number of amides is 2. The summed E-state index contributed by atoms with van der Waals surface area (Å²) in [7, 11) is 0. The Kier molecular flexibility index (Phi) is 3.06. The Morgan fingerprint density at radius 2 is 2.21 bits per heavy atom. The van der Waals surface area contributed by atoms with Gasteiger partial charge >= 0.3 is 11.8 Å². The molecule has 0 radical (unpaired) electrons. The van der Waals surface area contributed by atoms with Gasteiger partial charge in [0, 0.05) is 12.6 Å². The normalized spacial score (nSPS) is 27.5. The minimum absolute atomic E-state index is 0.419. The lowest BCUT2D eigenvalue weighted by Gasteiger charge is -2.18. The molecular weight excluding hydrogens is 244 g/mol. The zero-order valence-electron chi connectivity index (χ0n) is 10.4. The molecule has 2 aliphatic carbocycles. The van der Waals surface area contributed by atoms with E-state index in [0.717, 1.165) is 6.42 Å². The van der Waals surface area contributed by atoms with Gasteiger partial charge in [-0.3, -0.25) is 14.7 Å². The van der Waals surface area contributed by atoms with Crippen LogP contribution in [0.1, 0.15) is 12.8 Å². The Hall–Kier alpha value is -2.11. The van der Waals surface area contributed by atoms with Crippen molar-refractivity contribution in [3.63, 3.8) is 0 Å². The lowest BCUT2D eigenvalue weighted by atomic mass is 9.94. The monoisotopic (exact) mass is 260 g/mol. The SMILES string of the molecule is O=C(NC[C@@H]1C[C@@H]2C=C[C@H]1C2)C(=O)Nc1ccn[nH]1. The number of hydrogen-bond acceptors (Lipinski definition) is 3. The van der Waals surface area contributed by atoms with Gasteiger partial charge in [-0.25, -0.2) is 0 Å². The van der Waals surface area contributed by atoms with Crippen LogP contribution in [0, 0.1) is 17.8 Å². The van der Waals surface area contributed by atoms with Crippen LogP contribution in [0.25, 0.3) is 0 Å². The standard InChI is InChI=1S/C13H16N4O2/c18-12(13(19)16-11-3-4-15-17-11)14-7-10-6-8-1-2-9(10)5-8/h1-4,8-10H,5-7H2,(H,14,18)(H2,15,16,17,19)/t8-,9+,10+/m1/s1. The molecule has 19 heavy (non-hydrogen) atoms. The highest BCUT2D eigenvalue weighted by molar-refractivity contribution is 6.39. The van der Waals surface area contributed by atoms with Gasteiger partial charge in [-0.05, 0) is 30.6 Å². The number of anilines is 1. The predicted molar refractivity (Wildman–Crippen MR) is 69.1 cm³/mol. The Morgan fingerprint density at radius 1 is 1.32 bits per heavy atom. The number of hydrogen-bond donors (Lipinski definition) is 3. The summed E-state index contributed by atoms with van der Waals surface area (Å²) < 4.78 is 0. The maximum atomic E-state index is 11.7. The molecule has 2 aliphatic rings. The smallest absolute Gasteiger partial charge is 0.314 e. The number of H-pyrrole nitrogens is 1. The molecule has 0 saturated heterocycles. The quantitative estimate of drug-likeness (QED) is 0.551. The number of carbonyl (C=O) groups excluding carboxylic acids is 2. The van der Waals surface area contributed by atoms with Crippen molar-refractivity contribution in [3.8, 4) is 0 Å². The molecule has 3 atom stereocenters. The van der Waals surface area contributed by atoms with E-state index in [9.17, 15) is 9.59 Å². The van der Waals surface area contributed by atoms with E-state index < -0.39 is 11.8 Å². The summed E-state index contributed by atoms with van der Waals surface area (Å²) in [6.07, 6.45) is 8.31. The third-order valence-electron chi connectivity index (χ3n) is 3.90. The summed E-state index contributed by atoms with van der Waals surface area (Å²) in [4.78, 5) is 23.2. The van der Waals surface area contributed by atoms with Crippen LogP contribution in [0.15, 0.2) is 24.4 Å². The molecule has 100 valence electrons. The molecule has 0 aromatic carbocycles. The van der Waals surface area contributed by atoms with Crippen molar-refractivity contribution >= 4 is 17.6 Å². The van der Waals surface area contributed by atoms with Crippen LogP contribution in [-0.4, -0.2) is 28.6 Å². The number of allylic oxidation sites excluding steroid dienone is 2. The van der Waals surface area contributed by atoms with Crippen LogP contribution in [0.3, 0.4) is 0 Å². The minimum atomic E-state index is -0.664. The second-order valence-electron chi connectivity index (χ2n) is 5.17. The number of rotatable bonds is 3. The Balaban J connectivity index is 1.46. The van der Waals surface area contributed by atoms with Gasteiger partial charge in [-0.15, -0.1) is 0 Å². The molecule has 1 fully saturated rings. The second-order valence-corrected chi connectivity index (χ2v) is 5.17. The molecule has 1 aromatic rings. The molecule has 6 heteroatoms. The highest BCUT2D eigenvalue weighted by atomic mass is 16.2. The summed E-state index contributed by atoms with van der Waals surface area (Å²) in [5.74, 6) is 0.873. The number of aromatic amines is 1. The molecule has 0 spiro atoms. The maximum absolute atomic E-state index is 11.7. The second kappa shape index (κ2) is 4.87. The zero-order chi connectivity index (χ0) is 13.2. The number of aromatic nitrogens is 2. The Morgan fingerprint density at radius 3 is 2.84 bits per heavy atom. The molecule has 2 amide bonds. The molecule has 3 rings (SSSR count). The lowest BCUT2D eigenvalue weighted by Crippen LogP contribution is -2.38. The summed E-state index contributed by atoms with van der Waals surface area (Å²) >= 11 is 0. The first-order valence-corrected chi connectivity index (χ1v) is 6.49. The van der Waals surface area contributed by atoms with Gasteiger partial charge in [-0.2, -0.15) is 5.10 Å². The molecular formula is C13H16N4O2. The third kappa shape index (κ3) is 2.52. The number of carbonyl (C=O) groups is 2. The molecule has 2 bridgehead atoms. The minimum Gasteiger partial charge on any atom is -0.348 e. The van der Waals surface area contributed by atoms with E-state index in [1.54, 1.807) is 6.07 Å². The van der Waals surface area contributed by atoms with Crippen molar-refractivity contribution in [1.29, 1.82) is 0 Å². The average Bonchev–Trinajstić information content (AvgIpc) is 3.12. The van der Waals surface area contributed by atoms with Gasteiger partial charge in [0.15, 0.2) is 0 Å². The van der Waals surface area contributed by atoms with E-state index in [1.807, 2.05) is 0 Å².